The molecule has 1 aliphatic carbocycles. The Hall–Kier alpha value is -1.23. The van der Waals surface area contributed by atoms with Crippen molar-refractivity contribution in [3.63, 3.8) is 0 Å². The summed E-state index contributed by atoms with van der Waals surface area (Å²) in [4.78, 5) is 0. The Morgan fingerprint density at radius 1 is 1.25 bits per heavy atom. The Bertz CT molecular complexity index is 385. The minimum Gasteiger partial charge on any atom is -0.405 e. The van der Waals surface area contributed by atoms with Crippen LogP contribution in [0.3, 0.4) is 0 Å². The third kappa shape index (κ3) is 2.14. The Morgan fingerprint density at radius 2 is 1.88 bits per heavy atom. The molecule has 0 saturated heterocycles. The van der Waals surface area contributed by atoms with E-state index in [1.807, 2.05) is 0 Å². The van der Waals surface area contributed by atoms with E-state index in [4.69, 9.17) is 5.73 Å². The second-order valence-corrected chi connectivity index (χ2v) is 4.03. The fourth-order valence-electron chi connectivity index (χ4n) is 1.85. The van der Waals surface area contributed by atoms with Gasteiger partial charge in [0.25, 0.3) is 0 Å². The Kier molecular flexibility index (Phi) is 2.58. The van der Waals surface area contributed by atoms with Crippen molar-refractivity contribution >= 4 is 0 Å². The fourth-order valence-corrected chi connectivity index (χ4v) is 1.85. The third-order valence-corrected chi connectivity index (χ3v) is 2.93. The minimum absolute atomic E-state index is 0.127. The van der Waals surface area contributed by atoms with Gasteiger partial charge in [0.2, 0.25) is 0 Å². The lowest BCUT2D eigenvalue weighted by Gasteiger charge is -2.18. The molecule has 2 nitrogen and oxygen atoms in total. The zero-order valence-corrected chi connectivity index (χ0v) is 8.55. The van der Waals surface area contributed by atoms with E-state index in [-0.39, 0.29) is 11.2 Å². The number of benzene rings is 1. The summed E-state index contributed by atoms with van der Waals surface area (Å²) in [6, 6.07) is 6.21. The fraction of sp³-hybridized carbons (Fsp3) is 0.455. The Labute approximate surface area is 91.2 Å². The van der Waals surface area contributed by atoms with E-state index in [9.17, 15) is 13.2 Å². The van der Waals surface area contributed by atoms with Gasteiger partial charge in [-0.2, -0.15) is 0 Å². The average Bonchev–Trinajstić information content (AvgIpc) is 2.97. The van der Waals surface area contributed by atoms with Crippen LogP contribution in [0.15, 0.2) is 24.3 Å². The molecule has 0 aliphatic heterocycles. The highest BCUT2D eigenvalue weighted by atomic mass is 19.4. The molecule has 1 aliphatic rings. The standard InChI is InChI=1S/C11H12F3NO/c12-11(13,14)16-9-4-2-1-3-8(9)10(7-15)5-6-10/h1-4H,5-7,15H2. The molecule has 1 aromatic carbocycles. The van der Waals surface area contributed by atoms with E-state index in [1.54, 1.807) is 12.1 Å². The maximum Gasteiger partial charge on any atom is 0.573 e. The van der Waals surface area contributed by atoms with E-state index >= 15 is 0 Å². The van der Waals surface area contributed by atoms with Crippen LogP contribution in [-0.2, 0) is 5.41 Å². The largest absolute Gasteiger partial charge is 0.573 e. The first-order valence-corrected chi connectivity index (χ1v) is 5.02. The molecule has 16 heavy (non-hydrogen) atoms. The van der Waals surface area contributed by atoms with Gasteiger partial charge in [-0.3, -0.25) is 0 Å². The SMILES string of the molecule is NCC1(c2ccccc2OC(F)(F)F)CC1. The minimum atomic E-state index is -4.65. The van der Waals surface area contributed by atoms with Gasteiger partial charge >= 0.3 is 6.36 Å². The highest BCUT2D eigenvalue weighted by Crippen LogP contribution is 2.50. The highest BCUT2D eigenvalue weighted by Gasteiger charge is 2.46. The van der Waals surface area contributed by atoms with Crippen LogP contribution in [0.5, 0.6) is 5.75 Å². The summed E-state index contributed by atoms with van der Waals surface area (Å²) < 4.78 is 40.5. The van der Waals surface area contributed by atoms with Gasteiger partial charge in [0.1, 0.15) is 5.75 Å². The lowest BCUT2D eigenvalue weighted by atomic mass is 9.95. The molecule has 0 heterocycles. The van der Waals surface area contributed by atoms with E-state index in [1.165, 1.54) is 12.1 Å². The molecule has 0 aromatic heterocycles. The highest BCUT2D eigenvalue weighted by molar-refractivity contribution is 5.43. The number of nitrogens with two attached hydrogens (primary N) is 1. The number of ether oxygens (including phenoxy) is 1. The molecule has 2 rings (SSSR count). The second kappa shape index (κ2) is 3.66. The molecule has 0 amide bonds. The van der Waals surface area contributed by atoms with Gasteiger partial charge in [-0.25, -0.2) is 0 Å². The summed E-state index contributed by atoms with van der Waals surface area (Å²) in [5.74, 6) is -0.127. The van der Waals surface area contributed by atoms with Crippen LogP contribution in [0.1, 0.15) is 18.4 Å². The van der Waals surface area contributed by atoms with Crippen molar-refractivity contribution < 1.29 is 17.9 Å². The average molecular weight is 231 g/mol. The van der Waals surface area contributed by atoms with E-state index in [0.29, 0.717) is 12.1 Å². The first kappa shape index (κ1) is 11.3. The first-order chi connectivity index (χ1) is 7.47. The van der Waals surface area contributed by atoms with Crippen LogP contribution in [0, 0.1) is 0 Å². The summed E-state index contributed by atoms with van der Waals surface area (Å²) in [5, 5.41) is 0. The third-order valence-electron chi connectivity index (χ3n) is 2.93. The number of alkyl halides is 3. The number of para-hydroxylation sites is 1. The molecular weight excluding hydrogens is 219 g/mol. The molecule has 1 fully saturated rings. The van der Waals surface area contributed by atoms with Crippen LogP contribution in [-0.4, -0.2) is 12.9 Å². The number of rotatable bonds is 3. The Morgan fingerprint density at radius 3 is 2.38 bits per heavy atom. The molecule has 5 heteroatoms. The molecule has 0 spiro atoms. The Balaban J connectivity index is 2.32. The summed E-state index contributed by atoms with van der Waals surface area (Å²) in [7, 11) is 0. The predicted molar refractivity (Wildman–Crippen MR) is 53.1 cm³/mol. The van der Waals surface area contributed by atoms with Crippen molar-refractivity contribution in [1.29, 1.82) is 0 Å². The summed E-state index contributed by atoms with van der Waals surface area (Å²) in [6.07, 6.45) is -3.01. The second-order valence-electron chi connectivity index (χ2n) is 4.03. The maximum atomic E-state index is 12.2. The quantitative estimate of drug-likeness (QED) is 0.867. The molecule has 0 atom stereocenters. The smallest absolute Gasteiger partial charge is 0.405 e. The normalized spacial score (nSPS) is 18.2. The van der Waals surface area contributed by atoms with Gasteiger partial charge in [-0.1, -0.05) is 18.2 Å². The monoisotopic (exact) mass is 231 g/mol. The zero-order valence-electron chi connectivity index (χ0n) is 8.55. The van der Waals surface area contributed by atoms with Crippen molar-refractivity contribution in [3.8, 4) is 5.75 Å². The van der Waals surface area contributed by atoms with Gasteiger partial charge in [-0.05, 0) is 18.9 Å². The van der Waals surface area contributed by atoms with Crippen molar-refractivity contribution in [2.45, 2.75) is 24.6 Å². The number of hydrogen-bond acceptors (Lipinski definition) is 2. The predicted octanol–water partition coefficient (Wildman–Crippen LogP) is 2.58. The van der Waals surface area contributed by atoms with Gasteiger partial charge in [0, 0.05) is 17.5 Å². The van der Waals surface area contributed by atoms with Crippen LogP contribution < -0.4 is 10.5 Å². The maximum absolute atomic E-state index is 12.2. The van der Waals surface area contributed by atoms with Crippen LogP contribution in [0.25, 0.3) is 0 Å². The molecular formula is C11H12F3NO. The van der Waals surface area contributed by atoms with Gasteiger partial charge in [0.05, 0.1) is 0 Å². The molecule has 88 valence electrons. The number of halogens is 3. The van der Waals surface area contributed by atoms with Crippen molar-refractivity contribution in [2.75, 3.05) is 6.54 Å². The van der Waals surface area contributed by atoms with Crippen LogP contribution >= 0.6 is 0 Å². The summed E-state index contributed by atoms with van der Waals surface area (Å²) >= 11 is 0. The van der Waals surface area contributed by atoms with Gasteiger partial charge < -0.3 is 10.5 Å². The molecule has 2 N–H and O–H groups in total. The topological polar surface area (TPSA) is 35.2 Å². The summed E-state index contributed by atoms with van der Waals surface area (Å²) in [5.41, 5.74) is 5.86. The van der Waals surface area contributed by atoms with Crippen LogP contribution in [0.2, 0.25) is 0 Å². The van der Waals surface area contributed by atoms with Crippen LogP contribution in [0.4, 0.5) is 13.2 Å². The number of hydrogen-bond donors (Lipinski definition) is 1. The van der Waals surface area contributed by atoms with E-state index < -0.39 is 6.36 Å². The van der Waals surface area contributed by atoms with E-state index in [0.717, 1.165) is 12.8 Å². The molecule has 1 saturated carbocycles. The molecule has 0 radical (unpaired) electrons. The first-order valence-electron chi connectivity index (χ1n) is 5.02. The molecule has 0 bridgehead atoms. The van der Waals surface area contributed by atoms with Crippen molar-refractivity contribution in [3.05, 3.63) is 29.8 Å². The lowest BCUT2D eigenvalue weighted by Crippen LogP contribution is -2.23. The van der Waals surface area contributed by atoms with Gasteiger partial charge in [0.15, 0.2) is 0 Å². The lowest BCUT2D eigenvalue weighted by molar-refractivity contribution is -0.275. The zero-order chi connectivity index (χ0) is 11.8. The molecule has 1 aromatic rings. The molecule has 0 unspecified atom stereocenters. The van der Waals surface area contributed by atoms with E-state index in [2.05, 4.69) is 4.74 Å². The summed E-state index contributed by atoms with van der Waals surface area (Å²) in [6.45, 7) is 0.352. The van der Waals surface area contributed by atoms with Gasteiger partial charge in [-0.15, -0.1) is 13.2 Å². The van der Waals surface area contributed by atoms with Crippen molar-refractivity contribution in [1.82, 2.24) is 0 Å². The van der Waals surface area contributed by atoms with Crippen molar-refractivity contribution in [2.24, 2.45) is 5.73 Å².